The second-order valence-corrected chi connectivity index (χ2v) is 7.27. The van der Waals surface area contributed by atoms with E-state index in [9.17, 15) is 4.79 Å². The van der Waals surface area contributed by atoms with E-state index in [0.717, 1.165) is 24.4 Å². The van der Waals surface area contributed by atoms with Gasteiger partial charge in [0, 0.05) is 24.3 Å². The van der Waals surface area contributed by atoms with Crippen molar-refractivity contribution in [2.24, 2.45) is 5.92 Å². The molecule has 0 aromatic heterocycles. The van der Waals surface area contributed by atoms with Crippen LogP contribution in [0.1, 0.15) is 32.1 Å². The Bertz CT molecular complexity index is 547. The highest BCUT2D eigenvalue weighted by molar-refractivity contribution is 5.95. The van der Waals surface area contributed by atoms with Gasteiger partial charge in [-0.1, -0.05) is 18.9 Å². The molecule has 1 heterocycles. The van der Waals surface area contributed by atoms with E-state index in [1.165, 1.54) is 25.7 Å². The van der Waals surface area contributed by atoms with Gasteiger partial charge in [0.05, 0.1) is 6.04 Å². The zero-order chi connectivity index (χ0) is 16.9. The summed E-state index contributed by atoms with van der Waals surface area (Å²) in [7, 11) is 4.04. The smallest absolute Gasteiger partial charge is 0.241 e. The van der Waals surface area contributed by atoms with Crippen molar-refractivity contribution in [1.82, 2.24) is 10.2 Å². The fourth-order valence-electron chi connectivity index (χ4n) is 3.76. The average Bonchev–Trinajstić information content (AvgIpc) is 2.99. The Hall–Kier alpha value is -1.59. The zero-order valence-corrected chi connectivity index (χ0v) is 14.8. The average molecular weight is 331 g/mol. The first-order chi connectivity index (χ1) is 11.6. The van der Waals surface area contributed by atoms with Crippen molar-refractivity contribution in [1.29, 1.82) is 0 Å². The fraction of sp³-hybridized carbons (Fsp3) is 0.632. The molecule has 3 atom stereocenters. The molecule has 1 aromatic carbocycles. The van der Waals surface area contributed by atoms with E-state index in [4.69, 9.17) is 4.74 Å². The monoisotopic (exact) mass is 331 g/mol. The van der Waals surface area contributed by atoms with Crippen LogP contribution in [0, 0.1) is 5.92 Å². The summed E-state index contributed by atoms with van der Waals surface area (Å²) in [6.45, 7) is 1.50. The molecule has 1 aromatic rings. The maximum atomic E-state index is 12.6. The number of nitrogens with one attached hydrogen (secondary N) is 2. The summed E-state index contributed by atoms with van der Waals surface area (Å²) in [5.74, 6) is 1.55. The van der Waals surface area contributed by atoms with Crippen molar-refractivity contribution in [3.8, 4) is 5.75 Å². The minimum atomic E-state index is -0.0589. The summed E-state index contributed by atoms with van der Waals surface area (Å²) in [6, 6.07) is 8.14. The van der Waals surface area contributed by atoms with Crippen LogP contribution in [0.15, 0.2) is 24.3 Å². The van der Waals surface area contributed by atoms with Gasteiger partial charge in [0.2, 0.25) is 5.91 Å². The molecule has 1 amide bonds. The number of fused-ring (bicyclic) bond motifs is 1. The normalized spacial score (nSPS) is 26.2. The Morgan fingerprint density at radius 2 is 2.17 bits per heavy atom. The Morgan fingerprint density at radius 1 is 1.33 bits per heavy atom. The Morgan fingerprint density at radius 3 is 2.96 bits per heavy atom. The van der Waals surface area contributed by atoms with Crippen LogP contribution in [0.3, 0.4) is 0 Å². The number of amides is 1. The molecule has 2 fully saturated rings. The van der Waals surface area contributed by atoms with Gasteiger partial charge in [0.1, 0.15) is 12.4 Å². The molecule has 3 unspecified atom stereocenters. The van der Waals surface area contributed by atoms with Crippen LogP contribution in [0.5, 0.6) is 5.75 Å². The Kier molecular flexibility index (Phi) is 5.74. The topological polar surface area (TPSA) is 53.6 Å². The van der Waals surface area contributed by atoms with Crippen LogP contribution >= 0.6 is 0 Å². The third-order valence-electron chi connectivity index (χ3n) is 5.09. The third kappa shape index (κ3) is 4.48. The minimum Gasteiger partial charge on any atom is -0.492 e. The lowest BCUT2D eigenvalue weighted by Gasteiger charge is -2.24. The summed E-state index contributed by atoms with van der Waals surface area (Å²) < 4.78 is 5.73. The summed E-state index contributed by atoms with van der Waals surface area (Å²) in [4.78, 5) is 14.6. The number of nitrogens with zero attached hydrogens (tertiary/aromatic N) is 1. The molecule has 0 radical (unpaired) electrons. The van der Waals surface area contributed by atoms with Gasteiger partial charge in [-0.05, 0) is 51.4 Å². The highest BCUT2D eigenvalue weighted by atomic mass is 16.5. The molecule has 0 spiro atoms. The molecule has 3 rings (SSSR count). The van der Waals surface area contributed by atoms with Crippen molar-refractivity contribution in [3.05, 3.63) is 24.3 Å². The molecule has 0 bridgehead atoms. The predicted octanol–water partition coefficient (Wildman–Crippen LogP) is 2.49. The largest absolute Gasteiger partial charge is 0.492 e. The van der Waals surface area contributed by atoms with Crippen molar-refractivity contribution in [2.75, 3.05) is 32.6 Å². The summed E-state index contributed by atoms with van der Waals surface area (Å²) >= 11 is 0. The van der Waals surface area contributed by atoms with Gasteiger partial charge in [-0.15, -0.1) is 0 Å². The first-order valence-electron chi connectivity index (χ1n) is 9.06. The van der Waals surface area contributed by atoms with E-state index < -0.39 is 0 Å². The van der Waals surface area contributed by atoms with Crippen LogP contribution in [0.4, 0.5) is 5.69 Å². The Balaban J connectivity index is 1.52. The number of ether oxygens (including phenoxy) is 1. The van der Waals surface area contributed by atoms with Crippen LogP contribution in [0.25, 0.3) is 0 Å². The number of rotatable bonds is 6. The Labute approximate surface area is 144 Å². The van der Waals surface area contributed by atoms with Crippen LogP contribution < -0.4 is 15.4 Å². The molecule has 132 valence electrons. The number of carbonyl (C=O) groups is 1. The van der Waals surface area contributed by atoms with Gasteiger partial charge in [0.25, 0.3) is 0 Å². The highest BCUT2D eigenvalue weighted by Gasteiger charge is 2.38. The van der Waals surface area contributed by atoms with Gasteiger partial charge >= 0.3 is 0 Å². The summed E-state index contributed by atoms with van der Waals surface area (Å²) in [6.07, 6.45) is 6.04. The lowest BCUT2D eigenvalue weighted by molar-refractivity contribution is -0.117. The highest BCUT2D eigenvalue weighted by Crippen LogP contribution is 2.33. The molecular formula is C19H29N3O2. The molecule has 5 heteroatoms. The predicted molar refractivity (Wildman–Crippen MR) is 96.4 cm³/mol. The van der Waals surface area contributed by atoms with E-state index in [2.05, 4.69) is 15.5 Å². The molecule has 2 aliphatic rings. The third-order valence-corrected chi connectivity index (χ3v) is 5.09. The van der Waals surface area contributed by atoms with E-state index in [1.807, 2.05) is 38.4 Å². The van der Waals surface area contributed by atoms with Crippen LogP contribution in [-0.2, 0) is 4.79 Å². The van der Waals surface area contributed by atoms with Crippen LogP contribution in [-0.4, -0.2) is 50.1 Å². The number of carbonyl (C=O) groups excluding carboxylic acids is 1. The number of benzene rings is 1. The number of hydrogen-bond donors (Lipinski definition) is 2. The molecule has 1 aliphatic carbocycles. The maximum Gasteiger partial charge on any atom is 0.241 e. The van der Waals surface area contributed by atoms with Crippen LogP contribution in [0.2, 0.25) is 0 Å². The lowest BCUT2D eigenvalue weighted by Crippen LogP contribution is -2.39. The van der Waals surface area contributed by atoms with Gasteiger partial charge in [-0.3, -0.25) is 4.79 Å². The minimum absolute atomic E-state index is 0.0589. The second kappa shape index (κ2) is 7.99. The van der Waals surface area contributed by atoms with Gasteiger partial charge in [0.15, 0.2) is 0 Å². The number of hydrogen-bond acceptors (Lipinski definition) is 4. The molecule has 24 heavy (non-hydrogen) atoms. The fourth-order valence-corrected chi connectivity index (χ4v) is 3.76. The standard InChI is InChI=1S/C19H29N3O2/c1-22(2)10-11-24-16-8-5-7-15(13-16)20-19(23)18-12-14-6-3-4-9-17(14)21-18/h5,7-8,13-14,17-18,21H,3-4,6,9-12H2,1-2H3,(H,20,23). The number of anilines is 1. The molecule has 2 N–H and O–H groups in total. The van der Waals surface area contributed by atoms with E-state index in [1.54, 1.807) is 0 Å². The van der Waals surface area contributed by atoms with Crippen molar-refractivity contribution >= 4 is 11.6 Å². The maximum absolute atomic E-state index is 12.6. The first-order valence-corrected chi connectivity index (χ1v) is 9.06. The zero-order valence-electron chi connectivity index (χ0n) is 14.8. The summed E-state index contributed by atoms with van der Waals surface area (Å²) in [5, 5.41) is 6.57. The van der Waals surface area contributed by atoms with E-state index in [-0.39, 0.29) is 11.9 Å². The molecular weight excluding hydrogens is 302 g/mol. The quantitative estimate of drug-likeness (QED) is 0.841. The molecule has 5 nitrogen and oxygen atoms in total. The van der Waals surface area contributed by atoms with Gasteiger partial charge in [-0.2, -0.15) is 0 Å². The number of likely N-dealkylation sites (N-methyl/N-ethyl adjacent to an activating group) is 1. The molecule has 1 saturated heterocycles. The first kappa shape index (κ1) is 17.2. The SMILES string of the molecule is CN(C)CCOc1cccc(NC(=O)C2CC3CCCCC3N2)c1. The van der Waals surface area contributed by atoms with Crippen molar-refractivity contribution in [3.63, 3.8) is 0 Å². The van der Waals surface area contributed by atoms with E-state index >= 15 is 0 Å². The van der Waals surface area contributed by atoms with E-state index in [0.29, 0.717) is 18.6 Å². The van der Waals surface area contributed by atoms with Crippen molar-refractivity contribution in [2.45, 2.75) is 44.2 Å². The van der Waals surface area contributed by atoms with Gasteiger partial charge in [-0.25, -0.2) is 0 Å². The lowest BCUT2D eigenvalue weighted by atomic mass is 9.85. The molecule has 1 aliphatic heterocycles. The summed E-state index contributed by atoms with van der Waals surface area (Å²) in [5.41, 5.74) is 0.805. The van der Waals surface area contributed by atoms with Crippen molar-refractivity contribution < 1.29 is 9.53 Å². The molecule has 1 saturated carbocycles. The van der Waals surface area contributed by atoms with Gasteiger partial charge < -0.3 is 20.3 Å². The second-order valence-electron chi connectivity index (χ2n) is 7.27.